The number of nitrogens with zero attached hydrogens (tertiary/aromatic N) is 1. The largest absolute Gasteiger partial charge is 0.508 e. The van der Waals surface area contributed by atoms with Crippen LogP contribution in [0.15, 0.2) is 29.0 Å². The van der Waals surface area contributed by atoms with Crippen molar-refractivity contribution >= 4 is 40.0 Å². The zero-order valence-corrected chi connectivity index (χ0v) is 23.2. The molecule has 0 saturated heterocycles. The van der Waals surface area contributed by atoms with E-state index in [2.05, 4.69) is 4.98 Å². The highest BCUT2D eigenvalue weighted by atomic mass is 32.2. The lowest BCUT2D eigenvalue weighted by Crippen LogP contribution is -2.67. The minimum absolute atomic E-state index is 0.0609. The highest BCUT2D eigenvalue weighted by Crippen LogP contribution is 2.72. The van der Waals surface area contributed by atoms with Crippen molar-refractivity contribution < 1.29 is 37.4 Å². The standard InChI is InChI=1S/C27H30F3NO5S2/c1-13-7-16-17-10-19(29)18-8-15(32)9-20(33)25(18,4)26(17,30)6-5-24(16,3)27(13,23(35)37-11-28)36-22(34)21-14(2)31-12-38-21/h8-9,12-13,16-17,19,32H,5-7,10-11H2,1-4H3/t13-,16+,17+,19+,24+,25-,26-,27+/m1/s1. The first-order valence-electron chi connectivity index (χ1n) is 12.6. The zero-order chi connectivity index (χ0) is 27.8. The van der Waals surface area contributed by atoms with Crippen LogP contribution in [0.1, 0.15) is 61.8 Å². The topological polar surface area (TPSA) is 93.6 Å². The molecule has 1 aromatic heterocycles. The number of esters is 1. The van der Waals surface area contributed by atoms with Crippen LogP contribution in [0.5, 0.6) is 0 Å². The van der Waals surface area contributed by atoms with Gasteiger partial charge in [0.15, 0.2) is 11.4 Å². The Morgan fingerprint density at radius 3 is 2.58 bits per heavy atom. The third-order valence-corrected chi connectivity index (χ3v) is 11.6. The summed E-state index contributed by atoms with van der Waals surface area (Å²) in [6.07, 6.45) is 0.274. The number of carbonyl (C=O) groups is 3. The van der Waals surface area contributed by atoms with E-state index < -0.39 is 74.7 Å². The van der Waals surface area contributed by atoms with Crippen molar-refractivity contribution in [1.82, 2.24) is 4.98 Å². The van der Waals surface area contributed by atoms with E-state index in [9.17, 15) is 23.9 Å². The Kier molecular flexibility index (Phi) is 6.45. The van der Waals surface area contributed by atoms with Crippen LogP contribution < -0.4 is 0 Å². The summed E-state index contributed by atoms with van der Waals surface area (Å²) in [5.74, 6) is -4.06. The van der Waals surface area contributed by atoms with Gasteiger partial charge in [-0.05, 0) is 68.9 Å². The molecule has 0 bridgehead atoms. The van der Waals surface area contributed by atoms with Gasteiger partial charge in [-0.25, -0.2) is 22.9 Å². The lowest BCUT2D eigenvalue weighted by atomic mass is 9.44. The summed E-state index contributed by atoms with van der Waals surface area (Å²) in [4.78, 5) is 44.5. The van der Waals surface area contributed by atoms with Crippen LogP contribution in [0.25, 0.3) is 0 Å². The average Bonchev–Trinajstić information content (AvgIpc) is 3.37. The Bertz CT molecular complexity index is 1280. The number of ketones is 1. The Labute approximate surface area is 227 Å². The van der Waals surface area contributed by atoms with E-state index in [0.29, 0.717) is 17.5 Å². The van der Waals surface area contributed by atoms with Crippen molar-refractivity contribution in [2.24, 2.45) is 28.6 Å². The second-order valence-electron chi connectivity index (χ2n) is 11.4. The van der Waals surface area contributed by atoms with Gasteiger partial charge >= 0.3 is 5.97 Å². The van der Waals surface area contributed by atoms with E-state index in [0.717, 1.165) is 23.5 Å². The van der Waals surface area contributed by atoms with Gasteiger partial charge in [-0.3, -0.25) is 9.59 Å². The van der Waals surface area contributed by atoms with Crippen molar-refractivity contribution in [3.63, 3.8) is 0 Å². The number of aliphatic hydroxyl groups is 1. The summed E-state index contributed by atoms with van der Waals surface area (Å²) in [6, 6.07) is -1.02. The molecule has 206 valence electrons. The number of aryl methyl sites for hydroxylation is 1. The van der Waals surface area contributed by atoms with Gasteiger partial charge in [-0.1, -0.05) is 13.8 Å². The van der Waals surface area contributed by atoms with Crippen LogP contribution in [0.2, 0.25) is 0 Å². The maximum Gasteiger partial charge on any atom is 0.351 e. The average molecular weight is 570 g/mol. The number of aliphatic hydroxyl groups excluding tert-OH is 1. The number of aromatic nitrogens is 1. The predicted molar refractivity (Wildman–Crippen MR) is 137 cm³/mol. The number of ether oxygens (including phenoxy) is 1. The number of thioether (sulfide) groups is 1. The Morgan fingerprint density at radius 1 is 1.24 bits per heavy atom. The first-order chi connectivity index (χ1) is 17.8. The molecule has 3 fully saturated rings. The molecule has 0 amide bonds. The molecular weight excluding hydrogens is 539 g/mol. The molecule has 6 nitrogen and oxygen atoms in total. The molecule has 1 N–H and O–H groups in total. The van der Waals surface area contributed by atoms with Crippen LogP contribution in [0, 0.1) is 35.5 Å². The normalized spacial score (nSPS) is 41.9. The zero-order valence-electron chi connectivity index (χ0n) is 21.6. The molecule has 8 atom stereocenters. The second-order valence-corrected chi connectivity index (χ2v) is 13.2. The van der Waals surface area contributed by atoms with Gasteiger partial charge in [0.2, 0.25) is 5.12 Å². The minimum atomic E-state index is -2.15. The van der Waals surface area contributed by atoms with E-state index >= 15 is 8.78 Å². The predicted octanol–water partition coefficient (Wildman–Crippen LogP) is 6.01. The summed E-state index contributed by atoms with van der Waals surface area (Å²) >= 11 is 1.48. The minimum Gasteiger partial charge on any atom is -0.508 e. The molecule has 4 aliphatic carbocycles. The molecule has 5 rings (SSSR count). The molecule has 0 spiro atoms. The molecular formula is C27H30F3NO5S2. The van der Waals surface area contributed by atoms with E-state index in [4.69, 9.17) is 4.74 Å². The number of carbonyl (C=O) groups excluding carboxylic acids is 3. The van der Waals surface area contributed by atoms with Gasteiger partial charge in [-0.2, -0.15) is 0 Å². The lowest BCUT2D eigenvalue weighted by Gasteiger charge is -2.61. The van der Waals surface area contributed by atoms with Crippen LogP contribution in [0.3, 0.4) is 0 Å². The van der Waals surface area contributed by atoms with E-state index in [-0.39, 0.29) is 36.1 Å². The number of thiazole rings is 1. The third kappa shape index (κ3) is 3.33. The van der Waals surface area contributed by atoms with Gasteiger partial charge in [0.05, 0.1) is 16.6 Å². The summed E-state index contributed by atoms with van der Waals surface area (Å²) in [7, 11) is 0. The Balaban J connectivity index is 1.61. The van der Waals surface area contributed by atoms with Crippen molar-refractivity contribution in [2.45, 2.75) is 70.8 Å². The number of hydrogen-bond donors (Lipinski definition) is 1. The molecule has 11 heteroatoms. The van der Waals surface area contributed by atoms with Gasteiger partial charge in [0, 0.05) is 23.3 Å². The maximum absolute atomic E-state index is 17.4. The number of rotatable bonds is 4. The van der Waals surface area contributed by atoms with Gasteiger partial charge in [0.25, 0.3) is 0 Å². The molecule has 1 aromatic rings. The molecule has 0 aliphatic heterocycles. The van der Waals surface area contributed by atoms with E-state index in [1.54, 1.807) is 20.8 Å². The van der Waals surface area contributed by atoms with Crippen LogP contribution >= 0.6 is 23.1 Å². The molecule has 0 unspecified atom stereocenters. The van der Waals surface area contributed by atoms with Gasteiger partial charge in [0.1, 0.15) is 28.5 Å². The monoisotopic (exact) mass is 569 g/mol. The summed E-state index contributed by atoms with van der Waals surface area (Å²) < 4.78 is 52.7. The summed E-state index contributed by atoms with van der Waals surface area (Å²) in [5.41, 5.74) is -5.02. The first kappa shape index (κ1) is 27.4. The lowest BCUT2D eigenvalue weighted by molar-refractivity contribution is -0.187. The fourth-order valence-corrected chi connectivity index (χ4v) is 9.51. The number of hydrogen-bond acceptors (Lipinski definition) is 8. The van der Waals surface area contributed by atoms with Crippen LogP contribution in [-0.4, -0.2) is 50.4 Å². The van der Waals surface area contributed by atoms with Crippen molar-refractivity contribution in [1.29, 1.82) is 0 Å². The highest BCUT2D eigenvalue weighted by Gasteiger charge is 2.77. The quantitative estimate of drug-likeness (QED) is 0.444. The third-order valence-electron chi connectivity index (χ3n) is 10.0. The smallest absolute Gasteiger partial charge is 0.351 e. The fourth-order valence-electron chi connectivity index (χ4n) is 8.05. The molecule has 0 aromatic carbocycles. The summed E-state index contributed by atoms with van der Waals surface area (Å²) in [5, 5.41) is 9.32. The Hall–Kier alpha value is -2.14. The van der Waals surface area contributed by atoms with Crippen LogP contribution in [0.4, 0.5) is 13.2 Å². The van der Waals surface area contributed by atoms with Crippen molar-refractivity contribution in [3.05, 3.63) is 39.6 Å². The number of fused-ring (bicyclic) bond motifs is 5. The number of halogens is 3. The molecule has 38 heavy (non-hydrogen) atoms. The van der Waals surface area contributed by atoms with Gasteiger partial charge in [-0.15, -0.1) is 11.3 Å². The number of allylic oxidation sites excluding steroid dienone is 3. The molecule has 3 saturated carbocycles. The summed E-state index contributed by atoms with van der Waals surface area (Å²) in [6.45, 7) is 6.51. The highest BCUT2D eigenvalue weighted by molar-refractivity contribution is 8.13. The maximum atomic E-state index is 17.4. The number of alkyl halides is 3. The second kappa shape index (κ2) is 8.94. The van der Waals surface area contributed by atoms with Gasteiger partial charge < -0.3 is 9.84 Å². The first-order valence-corrected chi connectivity index (χ1v) is 14.5. The van der Waals surface area contributed by atoms with Crippen molar-refractivity contribution in [3.8, 4) is 0 Å². The van der Waals surface area contributed by atoms with Crippen LogP contribution in [-0.2, 0) is 14.3 Å². The van der Waals surface area contributed by atoms with Crippen molar-refractivity contribution in [2.75, 3.05) is 6.01 Å². The van der Waals surface area contributed by atoms with E-state index in [1.807, 2.05) is 0 Å². The Morgan fingerprint density at radius 2 is 1.95 bits per heavy atom. The van der Waals surface area contributed by atoms with E-state index in [1.165, 1.54) is 12.4 Å². The molecule has 4 aliphatic rings. The fraction of sp³-hybridized carbons (Fsp3) is 0.630. The molecule has 1 heterocycles. The SMILES string of the molecule is Cc1ncsc1C(=O)O[C@]1(C(=O)SCF)[C@H](C)C[C@H]2[C@@H]3C[C@H](F)C4=CC(O)=CC(=O)[C@]4(C)[C@@]3(F)CC[C@@]21C. The molecule has 0 radical (unpaired) electrons.